The summed E-state index contributed by atoms with van der Waals surface area (Å²) in [5, 5.41) is 2.85. The lowest BCUT2D eigenvalue weighted by Gasteiger charge is -2.18. The lowest BCUT2D eigenvalue weighted by molar-refractivity contribution is -0.129. The minimum absolute atomic E-state index is 0.0590. The smallest absolute Gasteiger partial charge is 0.225 e. The standard InChI is InChI=1S/C17H24N2O3/c1-13(2)11-19-12-14(10-16(19)20)17(21)18-8-9-22-15-6-4-3-5-7-15/h3-7,13-14H,8-12H2,1-2H3,(H,18,21)/t14-/m1/s1. The van der Waals surface area contributed by atoms with Gasteiger partial charge in [0.2, 0.25) is 11.8 Å². The third-order valence-corrected chi connectivity index (χ3v) is 3.58. The molecule has 0 saturated carbocycles. The van der Waals surface area contributed by atoms with Crippen LogP contribution in [0.1, 0.15) is 20.3 Å². The molecular weight excluding hydrogens is 280 g/mol. The van der Waals surface area contributed by atoms with Crippen molar-refractivity contribution in [1.29, 1.82) is 0 Å². The zero-order valence-corrected chi connectivity index (χ0v) is 13.2. The molecule has 1 saturated heterocycles. The molecule has 2 rings (SSSR count). The van der Waals surface area contributed by atoms with Crippen LogP contribution in [0.5, 0.6) is 5.75 Å². The van der Waals surface area contributed by atoms with Gasteiger partial charge in [-0.3, -0.25) is 9.59 Å². The van der Waals surface area contributed by atoms with E-state index in [0.717, 1.165) is 12.3 Å². The number of hydrogen-bond acceptors (Lipinski definition) is 3. The van der Waals surface area contributed by atoms with Crippen molar-refractivity contribution in [3.63, 3.8) is 0 Å². The number of likely N-dealkylation sites (tertiary alicyclic amines) is 1. The molecular formula is C17H24N2O3. The van der Waals surface area contributed by atoms with Crippen LogP contribution in [0.2, 0.25) is 0 Å². The van der Waals surface area contributed by atoms with Crippen LogP contribution in [-0.4, -0.2) is 43.0 Å². The molecule has 0 aliphatic carbocycles. The summed E-state index contributed by atoms with van der Waals surface area (Å²) in [5.41, 5.74) is 0. The predicted octanol–water partition coefficient (Wildman–Crippen LogP) is 1.69. The second kappa shape index (κ2) is 7.82. The SMILES string of the molecule is CC(C)CN1C[C@H](C(=O)NCCOc2ccccc2)CC1=O. The van der Waals surface area contributed by atoms with Crippen molar-refractivity contribution in [1.82, 2.24) is 10.2 Å². The number of rotatable bonds is 7. The van der Waals surface area contributed by atoms with Gasteiger partial charge in [-0.15, -0.1) is 0 Å². The molecule has 0 aromatic heterocycles. The summed E-state index contributed by atoms with van der Waals surface area (Å²) in [4.78, 5) is 25.7. The molecule has 120 valence electrons. The average Bonchev–Trinajstić information content (AvgIpc) is 2.85. The number of carbonyl (C=O) groups is 2. The third-order valence-electron chi connectivity index (χ3n) is 3.58. The third kappa shape index (κ3) is 4.76. The first-order valence-electron chi connectivity index (χ1n) is 7.79. The fraction of sp³-hybridized carbons (Fsp3) is 0.529. The number of para-hydroxylation sites is 1. The van der Waals surface area contributed by atoms with Crippen LogP contribution in [0, 0.1) is 11.8 Å². The molecule has 1 aliphatic heterocycles. The van der Waals surface area contributed by atoms with E-state index in [1.165, 1.54) is 0 Å². The van der Waals surface area contributed by atoms with Crippen LogP contribution >= 0.6 is 0 Å². The average molecular weight is 304 g/mol. The molecule has 1 heterocycles. The van der Waals surface area contributed by atoms with Gasteiger partial charge in [-0.25, -0.2) is 0 Å². The topological polar surface area (TPSA) is 58.6 Å². The van der Waals surface area contributed by atoms with Crippen LogP contribution in [-0.2, 0) is 9.59 Å². The van der Waals surface area contributed by atoms with E-state index in [1.807, 2.05) is 30.3 Å². The maximum Gasteiger partial charge on any atom is 0.225 e. The highest BCUT2D eigenvalue weighted by Crippen LogP contribution is 2.19. The fourth-order valence-corrected chi connectivity index (χ4v) is 2.57. The van der Waals surface area contributed by atoms with Crippen LogP contribution in [0.25, 0.3) is 0 Å². The molecule has 5 nitrogen and oxygen atoms in total. The van der Waals surface area contributed by atoms with Crippen LogP contribution < -0.4 is 10.1 Å². The number of carbonyl (C=O) groups excluding carboxylic acids is 2. The highest BCUT2D eigenvalue weighted by atomic mass is 16.5. The van der Waals surface area contributed by atoms with Gasteiger partial charge in [0.25, 0.3) is 0 Å². The van der Waals surface area contributed by atoms with Gasteiger partial charge < -0.3 is 15.0 Å². The Hall–Kier alpha value is -2.04. The Kier molecular flexibility index (Phi) is 5.81. The molecule has 0 spiro atoms. The quantitative estimate of drug-likeness (QED) is 0.780. The molecule has 0 bridgehead atoms. The zero-order chi connectivity index (χ0) is 15.9. The molecule has 1 N–H and O–H groups in total. The molecule has 5 heteroatoms. The number of hydrogen-bond donors (Lipinski definition) is 1. The summed E-state index contributed by atoms with van der Waals surface area (Å²) in [5.74, 6) is 0.995. The first-order valence-corrected chi connectivity index (χ1v) is 7.79. The molecule has 1 fully saturated rings. The largest absolute Gasteiger partial charge is 0.492 e. The van der Waals surface area contributed by atoms with E-state index in [2.05, 4.69) is 19.2 Å². The lowest BCUT2D eigenvalue weighted by atomic mass is 10.1. The molecule has 1 aliphatic rings. The van der Waals surface area contributed by atoms with Crippen molar-refractivity contribution in [3.05, 3.63) is 30.3 Å². The highest BCUT2D eigenvalue weighted by Gasteiger charge is 2.34. The molecule has 0 unspecified atom stereocenters. The normalized spacial score (nSPS) is 17.9. The van der Waals surface area contributed by atoms with Crippen LogP contribution in [0.15, 0.2) is 30.3 Å². The van der Waals surface area contributed by atoms with Gasteiger partial charge in [0, 0.05) is 19.5 Å². The van der Waals surface area contributed by atoms with Gasteiger partial charge >= 0.3 is 0 Å². The summed E-state index contributed by atoms with van der Waals surface area (Å²) in [7, 11) is 0. The Labute approximate surface area is 131 Å². The summed E-state index contributed by atoms with van der Waals surface area (Å²) >= 11 is 0. The minimum atomic E-state index is -0.233. The summed E-state index contributed by atoms with van der Waals surface area (Å²) in [6, 6.07) is 9.49. The number of nitrogens with zero attached hydrogens (tertiary/aromatic N) is 1. The van der Waals surface area contributed by atoms with E-state index in [0.29, 0.717) is 32.0 Å². The van der Waals surface area contributed by atoms with Crippen molar-refractivity contribution >= 4 is 11.8 Å². The number of ether oxygens (including phenoxy) is 1. The molecule has 1 aromatic carbocycles. The van der Waals surface area contributed by atoms with Gasteiger partial charge in [-0.2, -0.15) is 0 Å². The van der Waals surface area contributed by atoms with Gasteiger partial charge in [-0.1, -0.05) is 32.0 Å². The molecule has 1 aromatic rings. The monoisotopic (exact) mass is 304 g/mol. The minimum Gasteiger partial charge on any atom is -0.492 e. The summed E-state index contributed by atoms with van der Waals surface area (Å²) in [6.45, 7) is 6.26. The van der Waals surface area contributed by atoms with Crippen LogP contribution in [0.3, 0.4) is 0 Å². The Morgan fingerprint density at radius 1 is 1.36 bits per heavy atom. The maximum atomic E-state index is 12.1. The molecule has 0 radical (unpaired) electrons. The van der Waals surface area contributed by atoms with E-state index in [4.69, 9.17) is 4.74 Å². The maximum absolute atomic E-state index is 12.1. The van der Waals surface area contributed by atoms with Gasteiger partial charge in [0.15, 0.2) is 0 Å². The molecule has 22 heavy (non-hydrogen) atoms. The Morgan fingerprint density at radius 2 is 2.09 bits per heavy atom. The fourth-order valence-electron chi connectivity index (χ4n) is 2.57. The van der Waals surface area contributed by atoms with Crippen molar-refractivity contribution < 1.29 is 14.3 Å². The Bertz CT molecular complexity index is 502. The van der Waals surface area contributed by atoms with E-state index in [-0.39, 0.29) is 17.7 Å². The van der Waals surface area contributed by atoms with Crippen molar-refractivity contribution in [2.24, 2.45) is 11.8 Å². The van der Waals surface area contributed by atoms with Crippen molar-refractivity contribution in [3.8, 4) is 5.75 Å². The second-order valence-electron chi connectivity index (χ2n) is 6.05. The van der Waals surface area contributed by atoms with E-state index < -0.39 is 0 Å². The number of benzene rings is 1. The van der Waals surface area contributed by atoms with Gasteiger partial charge in [0.05, 0.1) is 12.5 Å². The first kappa shape index (κ1) is 16.3. The highest BCUT2D eigenvalue weighted by molar-refractivity contribution is 5.89. The molecule has 1 atom stereocenters. The van der Waals surface area contributed by atoms with E-state index in [1.54, 1.807) is 4.90 Å². The second-order valence-corrected chi connectivity index (χ2v) is 6.05. The summed E-state index contributed by atoms with van der Waals surface area (Å²) < 4.78 is 5.52. The van der Waals surface area contributed by atoms with E-state index >= 15 is 0 Å². The van der Waals surface area contributed by atoms with Crippen molar-refractivity contribution in [2.45, 2.75) is 20.3 Å². The Balaban J connectivity index is 1.68. The van der Waals surface area contributed by atoms with E-state index in [9.17, 15) is 9.59 Å². The van der Waals surface area contributed by atoms with Crippen LogP contribution in [0.4, 0.5) is 0 Å². The number of amides is 2. The van der Waals surface area contributed by atoms with Crippen molar-refractivity contribution in [2.75, 3.05) is 26.2 Å². The lowest BCUT2D eigenvalue weighted by Crippen LogP contribution is -2.35. The first-order chi connectivity index (χ1) is 10.6. The molecule has 2 amide bonds. The number of nitrogens with one attached hydrogen (secondary N) is 1. The predicted molar refractivity (Wildman–Crippen MR) is 84.5 cm³/mol. The van der Waals surface area contributed by atoms with Gasteiger partial charge in [-0.05, 0) is 18.1 Å². The van der Waals surface area contributed by atoms with Gasteiger partial charge in [0.1, 0.15) is 12.4 Å². The zero-order valence-electron chi connectivity index (χ0n) is 13.2. The Morgan fingerprint density at radius 3 is 2.77 bits per heavy atom. The summed E-state index contributed by atoms with van der Waals surface area (Å²) in [6.07, 6.45) is 0.318.